The Kier molecular flexibility index (Phi) is 17.8. The van der Waals surface area contributed by atoms with Crippen LogP contribution in [0.5, 0.6) is 0 Å². The summed E-state index contributed by atoms with van der Waals surface area (Å²) in [5.41, 5.74) is -4.99. The van der Waals surface area contributed by atoms with Crippen LogP contribution in [0.2, 0.25) is 0 Å². The number of carbonyl (C=O) groups excluding carboxylic acids is 3. The highest BCUT2D eigenvalue weighted by atomic mass is 32.2. The van der Waals surface area contributed by atoms with Crippen LogP contribution in [0.1, 0.15) is 87.0 Å². The summed E-state index contributed by atoms with van der Waals surface area (Å²) in [7, 11) is 5.19. The third-order valence-electron chi connectivity index (χ3n) is 12.0. The monoisotopic (exact) mass is 889 g/mol. The van der Waals surface area contributed by atoms with Gasteiger partial charge in [-0.3, -0.25) is 14.4 Å². The molecule has 1 amide bonds. The van der Waals surface area contributed by atoms with Crippen LogP contribution >= 0.6 is 23.5 Å². The average Bonchev–Trinajstić information content (AvgIpc) is 3.95. The lowest BCUT2D eigenvalue weighted by atomic mass is 9.83. The number of halogens is 2. The quantitative estimate of drug-likeness (QED) is 0.170. The van der Waals surface area contributed by atoms with Crippen molar-refractivity contribution in [2.75, 3.05) is 40.6 Å². The van der Waals surface area contributed by atoms with Crippen LogP contribution < -0.4 is 5.32 Å². The molecule has 5 rings (SSSR count). The molecule has 20 heteroatoms. The molecule has 0 aliphatic carbocycles. The first kappa shape index (κ1) is 49.8. The first-order valence-electron chi connectivity index (χ1n) is 20.6. The third-order valence-corrected chi connectivity index (χ3v) is 12.8. The van der Waals surface area contributed by atoms with Crippen LogP contribution in [0.15, 0.2) is 17.8 Å². The molecular formula is C40H65F2N7O9S2. The van der Waals surface area contributed by atoms with Gasteiger partial charge in [-0.2, -0.15) is 3.89 Å². The Morgan fingerprint density at radius 3 is 2.45 bits per heavy atom. The first-order valence-corrected chi connectivity index (χ1v) is 22.6. The fraction of sp³-hybridized carbons (Fsp3) is 0.800. The third kappa shape index (κ3) is 11.6. The maximum absolute atomic E-state index is 16.7. The molecule has 60 heavy (non-hydrogen) atoms. The first-order chi connectivity index (χ1) is 28.3. The highest BCUT2D eigenvalue weighted by molar-refractivity contribution is 7.93. The van der Waals surface area contributed by atoms with Gasteiger partial charge in [-0.05, 0) is 93.3 Å². The number of nitrogens with zero attached hydrogens (tertiary/aromatic N) is 6. The number of aliphatic hydroxyl groups excluding tert-OH is 1. The van der Waals surface area contributed by atoms with Crippen LogP contribution in [0.25, 0.3) is 10.7 Å². The zero-order valence-corrected chi connectivity index (χ0v) is 38.4. The second-order valence-electron chi connectivity index (χ2n) is 16.9. The number of fused-ring (bicyclic) bond motifs is 1. The summed E-state index contributed by atoms with van der Waals surface area (Å²) >= 11 is 1.73. The second-order valence-corrected chi connectivity index (χ2v) is 18.1. The second kappa shape index (κ2) is 21.5. The summed E-state index contributed by atoms with van der Waals surface area (Å²) in [5, 5.41) is 26.0. The van der Waals surface area contributed by atoms with Gasteiger partial charge >= 0.3 is 12.1 Å². The number of aromatic nitrogens is 4. The molecule has 2 N–H and O–H groups in total. The minimum Gasteiger partial charge on any atom is -0.455 e. The lowest BCUT2D eigenvalue weighted by Crippen LogP contribution is -2.61. The van der Waals surface area contributed by atoms with E-state index in [1.807, 2.05) is 51.3 Å². The van der Waals surface area contributed by atoms with E-state index in [0.29, 0.717) is 51.0 Å². The summed E-state index contributed by atoms with van der Waals surface area (Å²) in [6.07, 6.45) is 1.42. The number of rotatable bonds is 11. The number of unbranched alkanes of at least 4 members (excludes halogenated alkanes) is 1. The van der Waals surface area contributed by atoms with Gasteiger partial charge in [-0.15, -0.1) is 16.4 Å². The van der Waals surface area contributed by atoms with Crippen molar-refractivity contribution in [3.05, 3.63) is 17.8 Å². The summed E-state index contributed by atoms with van der Waals surface area (Å²) < 4.78 is 59.2. The predicted octanol–water partition coefficient (Wildman–Crippen LogP) is 5.24. The fourth-order valence-electron chi connectivity index (χ4n) is 8.55. The minimum atomic E-state index is -3.10. The van der Waals surface area contributed by atoms with Gasteiger partial charge in [0.05, 0.1) is 30.0 Å². The molecule has 16 nitrogen and oxygen atoms in total. The lowest BCUT2D eigenvalue weighted by Gasteiger charge is -2.45. The number of Topliss-reactive ketones (excluding diaryl/α,β-unsaturated/α-hetero) is 1. The van der Waals surface area contributed by atoms with E-state index in [1.165, 1.54) is 24.7 Å². The van der Waals surface area contributed by atoms with Crippen molar-refractivity contribution in [3.8, 4) is 10.7 Å². The summed E-state index contributed by atoms with van der Waals surface area (Å²) in [4.78, 5) is 49.3. The standard InChI is InChI=1S/C39H62FN7O9S.CH3FS/c1-11-29-39(7)32(47(36(51)56-39)16-13-12-15-46-22-26(43-44-46)33-41-14-17-57-33)25(4)42-21-23(2)20-37(5,52-10)30(19-28(48)38(6,40)35(50)55-29)54-34-31(49)27(45(8)9)18-24(3)53-34;1-3-2/h14,17,22-25,27,29-32,34,42,49H,11-13,15-16,18-21H2,1-10H3;1H3/t23-,24?,25-,27?,29-,30-,31?,32-,34+,37-,38?,39-;/m1./s1. The molecule has 0 radical (unpaired) electrons. The normalized spacial score (nSPS) is 35.8. The van der Waals surface area contributed by atoms with Crippen molar-refractivity contribution in [2.24, 2.45) is 5.92 Å². The number of carbonyl (C=O) groups is 3. The Hall–Kier alpha value is -2.85. The van der Waals surface area contributed by atoms with Crippen molar-refractivity contribution < 1.29 is 51.5 Å². The number of cyclic esters (lactones) is 1. The predicted molar refractivity (Wildman–Crippen MR) is 224 cm³/mol. The number of aryl methyl sites for hydroxylation is 1. The average molecular weight is 890 g/mol. The van der Waals surface area contributed by atoms with E-state index in [4.69, 9.17) is 23.7 Å². The van der Waals surface area contributed by atoms with Crippen molar-refractivity contribution in [2.45, 2.75) is 159 Å². The molecule has 3 aliphatic heterocycles. The molecule has 2 aromatic heterocycles. The Labute approximate surface area is 361 Å². The molecular weight excluding hydrogens is 825 g/mol. The van der Waals surface area contributed by atoms with E-state index in [9.17, 15) is 23.4 Å². The maximum atomic E-state index is 16.7. The molecule has 4 unspecified atom stereocenters. The topological polar surface area (TPSA) is 180 Å². The van der Waals surface area contributed by atoms with E-state index in [2.05, 4.69) is 20.6 Å². The molecule has 340 valence electrons. The number of thiazole rings is 1. The molecule has 0 aromatic carbocycles. The smallest absolute Gasteiger partial charge is 0.410 e. The van der Waals surface area contributed by atoms with Crippen LogP contribution in [-0.2, 0) is 39.8 Å². The Morgan fingerprint density at radius 2 is 1.83 bits per heavy atom. The van der Waals surface area contributed by atoms with Gasteiger partial charge in [0.2, 0.25) is 0 Å². The molecule has 0 spiro atoms. The highest BCUT2D eigenvalue weighted by Crippen LogP contribution is 2.40. The number of nitrogens with one attached hydrogen (secondary N) is 1. The lowest BCUT2D eigenvalue weighted by molar-refractivity contribution is -0.289. The van der Waals surface area contributed by atoms with Gasteiger partial charge in [0.1, 0.15) is 22.9 Å². The number of ether oxygens (including phenoxy) is 5. The molecule has 12 atom stereocenters. The number of alkyl halides is 1. The number of likely N-dealkylation sites (N-methyl/N-ethyl adjacent to an activating group) is 1. The molecule has 0 saturated carbocycles. The SMILES string of the molecule is CC[C@H]1OC(=O)C(C)(F)C(=O)C[C@@H](O[C@@H]2OC(C)CC(N(C)C)C2O)[C@](C)(OC)C[C@@H](C)CN[C@H](C)[C@H]2N(CCCCn3cc(-c4nccs4)nn3)C(=O)O[C@]12C.CSF. The van der Waals surface area contributed by atoms with Crippen molar-refractivity contribution in [1.29, 1.82) is 0 Å². The van der Waals surface area contributed by atoms with Gasteiger partial charge in [0, 0.05) is 68.7 Å². The van der Waals surface area contributed by atoms with Crippen molar-refractivity contribution in [3.63, 3.8) is 0 Å². The highest BCUT2D eigenvalue weighted by Gasteiger charge is 2.59. The minimum absolute atomic E-state index is 0.0966. The zero-order valence-electron chi connectivity index (χ0n) is 36.8. The van der Waals surface area contributed by atoms with Crippen LogP contribution in [0.3, 0.4) is 0 Å². The van der Waals surface area contributed by atoms with Crippen LogP contribution in [-0.4, -0.2) is 159 Å². The summed E-state index contributed by atoms with van der Waals surface area (Å²) in [6, 6.07) is -1.31. The Balaban J connectivity index is 0.00000257. The number of hydrogen-bond donors (Lipinski definition) is 2. The van der Waals surface area contributed by atoms with Gasteiger partial charge < -0.3 is 39.0 Å². The van der Waals surface area contributed by atoms with Crippen LogP contribution in [0, 0.1) is 5.92 Å². The summed E-state index contributed by atoms with van der Waals surface area (Å²) in [6.45, 7) is 13.3. The molecule has 2 aromatic rings. The van der Waals surface area contributed by atoms with Gasteiger partial charge in [0.15, 0.2) is 17.7 Å². The zero-order chi connectivity index (χ0) is 44.6. The van der Waals surface area contributed by atoms with Crippen molar-refractivity contribution in [1.82, 2.24) is 35.1 Å². The van der Waals surface area contributed by atoms with E-state index < -0.39 is 71.8 Å². The van der Waals surface area contributed by atoms with E-state index >= 15 is 4.39 Å². The van der Waals surface area contributed by atoms with Gasteiger partial charge in [-0.1, -0.05) is 19.1 Å². The summed E-state index contributed by atoms with van der Waals surface area (Å²) in [5.74, 6) is -2.57. The fourth-order valence-corrected chi connectivity index (χ4v) is 9.13. The number of aliphatic hydroxyl groups is 1. The number of esters is 1. The number of hydrogen-bond acceptors (Lipinski definition) is 16. The van der Waals surface area contributed by atoms with E-state index in [-0.39, 0.29) is 42.7 Å². The molecule has 3 aliphatic rings. The van der Waals surface area contributed by atoms with Gasteiger partial charge in [0.25, 0.3) is 5.67 Å². The van der Waals surface area contributed by atoms with Crippen LogP contribution in [0.4, 0.5) is 13.1 Å². The Bertz CT molecular complexity index is 1690. The largest absolute Gasteiger partial charge is 0.455 e. The molecule has 0 bridgehead atoms. The molecule has 3 fully saturated rings. The van der Waals surface area contributed by atoms with Gasteiger partial charge in [-0.25, -0.2) is 19.0 Å². The Morgan fingerprint density at radius 1 is 1.15 bits per heavy atom. The maximum Gasteiger partial charge on any atom is 0.410 e. The molecule has 3 saturated heterocycles. The molecule has 5 heterocycles. The number of amides is 1. The van der Waals surface area contributed by atoms with E-state index in [1.54, 1.807) is 36.5 Å². The number of ketones is 1. The number of methoxy groups -OCH3 is 1. The van der Waals surface area contributed by atoms with E-state index in [0.717, 1.165) is 11.9 Å². The van der Waals surface area contributed by atoms with Crippen molar-refractivity contribution >= 4 is 41.3 Å².